The minimum atomic E-state index is -0.559. The zero-order valence-corrected chi connectivity index (χ0v) is 20.2. The van der Waals surface area contributed by atoms with E-state index in [4.69, 9.17) is 23.2 Å². The van der Waals surface area contributed by atoms with Crippen molar-refractivity contribution in [3.63, 3.8) is 0 Å². The lowest BCUT2D eigenvalue weighted by Gasteiger charge is -2.30. The van der Waals surface area contributed by atoms with Crippen LogP contribution in [-0.2, 0) is 16.1 Å². The van der Waals surface area contributed by atoms with Gasteiger partial charge in [0.1, 0.15) is 18.2 Å². The van der Waals surface area contributed by atoms with Crippen LogP contribution in [-0.4, -0.2) is 34.4 Å². The van der Waals surface area contributed by atoms with Crippen molar-refractivity contribution in [3.05, 3.63) is 69.8 Å². The van der Waals surface area contributed by atoms with Gasteiger partial charge >= 0.3 is 0 Å². The molecule has 2 aromatic carbocycles. The summed E-state index contributed by atoms with van der Waals surface area (Å²) in [5.41, 5.74) is 1.93. The van der Waals surface area contributed by atoms with Crippen molar-refractivity contribution < 1.29 is 9.59 Å². The lowest BCUT2D eigenvalue weighted by atomic mass is 9.99. The number of hydrogen-bond acceptors (Lipinski definition) is 3. The molecule has 174 valence electrons. The number of anilines is 1. The Labute approximate surface area is 208 Å². The van der Waals surface area contributed by atoms with E-state index in [1.54, 1.807) is 18.2 Å². The summed E-state index contributed by atoms with van der Waals surface area (Å²) in [6, 6.07) is 14.3. The highest BCUT2D eigenvalue weighted by Gasteiger charge is 2.21. The number of rotatable bonds is 5. The fourth-order valence-corrected chi connectivity index (χ4v) is 4.40. The third kappa shape index (κ3) is 5.27. The normalized spacial score (nSPS) is 14.8. The number of nitrogens with one attached hydrogen (secondary N) is 1. The number of hydrogen-bond donors (Lipinski definition) is 1. The van der Waals surface area contributed by atoms with Crippen LogP contribution in [0.1, 0.15) is 25.3 Å². The summed E-state index contributed by atoms with van der Waals surface area (Å²) >= 11 is 11.9. The van der Waals surface area contributed by atoms with E-state index in [0.717, 1.165) is 36.8 Å². The number of halogens is 2. The number of piperidine rings is 1. The van der Waals surface area contributed by atoms with Crippen molar-refractivity contribution in [2.24, 2.45) is 5.92 Å². The van der Waals surface area contributed by atoms with Crippen LogP contribution in [0.2, 0.25) is 10.0 Å². The van der Waals surface area contributed by atoms with Gasteiger partial charge in [0.2, 0.25) is 5.91 Å². The second kappa shape index (κ2) is 10.3. The van der Waals surface area contributed by atoms with E-state index in [2.05, 4.69) is 12.2 Å². The summed E-state index contributed by atoms with van der Waals surface area (Å²) in [6.45, 7) is 3.98. The average Bonchev–Trinajstić information content (AvgIpc) is 3.17. The van der Waals surface area contributed by atoms with Gasteiger partial charge in [0, 0.05) is 41.4 Å². The maximum atomic E-state index is 12.9. The molecule has 8 heteroatoms. The Morgan fingerprint density at radius 1 is 1.15 bits per heavy atom. The number of nitrogens with zero attached hydrogens (tertiary/aromatic N) is 3. The molecule has 1 aromatic heterocycles. The molecular weight excluding hydrogens is 471 g/mol. The number of para-hydroxylation sites is 1. The molecule has 0 spiro atoms. The molecule has 3 aromatic rings. The molecule has 1 aliphatic rings. The number of fused-ring (bicyclic) bond motifs is 1. The number of aromatic nitrogens is 1. The van der Waals surface area contributed by atoms with Gasteiger partial charge < -0.3 is 14.8 Å². The molecule has 4 rings (SSSR count). The van der Waals surface area contributed by atoms with E-state index in [1.807, 2.05) is 46.0 Å². The summed E-state index contributed by atoms with van der Waals surface area (Å²) in [5, 5.41) is 13.9. The maximum Gasteiger partial charge on any atom is 0.266 e. The van der Waals surface area contributed by atoms with E-state index < -0.39 is 5.91 Å². The molecule has 34 heavy (non-hydrogen) atoms. The summed E-state index contributed by atoms with van der Waals surface area (Å²) in [5.74, 6) is 0.157. The fourth-order valence-electron chi connectivity index (χ4n) is 4.10. The standard InChI is InChI=1S/C26H24Cl2N4O2/c1-17-8-10-31(11-9-17)25(33)16-32-15-19(21-4-2-3-5-24(21)32)12-18(14-29)26(34)30-20-6-7-22(27)23(28)13-20/h2-7,12-13,15,17H,8-11,16H2,1H3,(H,30,34)/b18-12+. The molecule has 0 radical (unpaired) electrons. The Hall–Kier alpha value is -3.27. The number of benzene rings is 2. The number of carbonyl (C=O) groups is 2. The molecule has 1 aliphatic heterocycles. The highest BCUT2D eigenvalue weighted by molar-refractivity contribution is 6.42. The van der Waals surface area contributed by atoms with Crippen molar-refractivity contribution in [2.45, 2.75) is 26.3 Å². The molecule has 1 fully saturated rings. The molecule has 2 heterocycles. The van der Waals surface area contributed by atoms with Crippen molar-refractivity contribution in [1.82, 2.24) is 9.47 Å². The molecule has 0 atom stereocenters. The number of amides is 2. The van der Waals surface area contributed by atoms with Gasteiger partial charge in [0.05, 0.1) is 10.0 Å². The van der Waals surface area contributed by atoms with E-state index in [0.29, 0.717) is 27.2 Å². The third-order valence-electron chi connectivity index (χ3n) is 6.10. The van der Waals surface area contributed by atoms with Gasteiger partial charge in [-0.1, -0.05) is 48.3 Å². The van der Waals surface area contributed by atoms with E-state index in [-0.39, 0.29) is 18.0 Å². The maximum absolute atomic E-state index is 12.9. The number of likely N-dealkylation sites (tertiary alicyclic amines) is 1. The molecule has 0 saturated carbocycles. The first-order chi connectivity index (χ1) is 16.4. The predicted octanol–water partition coefficient (Wildman–Crippen LogP) is 5.75. The van der Waals surface area contributed by atoms with Crippen LogP contribution in [0, 0.1) is 17.2 Å². The molecular formula is C26H24Cl2N4O2. The average molecular weight is 495 g/mol. The van der Waals surface area contributed by atoms with E-state index in [9.17, 15) is 14.9 Å². The number of carbonyl (C=O) groups excluding carboxylic acids is 2. The van der Waals surface area contributed by atoms with Gasteiger partial charge in [-0.3, -0.25) is 9.59 Å². The SMILES string of the molecule is CC1CCN(C(=O)Cn2cc(/C=C(\C#N)C(=O)Nc3ccc(Cl)c(Cl)c3)c3ccccc32)CC1. The van der Waals surface area contributed by atoms with Gasteiger partial charge in [0.25, 0.3) is 5.91 Å². The third-order valence-corrected chi connectivity index (χ3v) is 6.84. The quantitative estimate of drug-likeness (QED) is 0.362. The first-order valence-corrected chi connectivity index (χ1v) is 11.8. The van der Waals surface area contributed by atoms with Crippen LogP contribution in [0.25, 0.3) is 17.0 Å². The minimum absolute atomic E-state index is 0.0645. The highest BCUT2D eigenvalue weighted by atomic mass is 35.5. The Kier molecular flexibility index (Phi) is 7.26. The van der Waals surface area contributed by atoms with Crippen LogP contribution in [0.4, 0.5) is 5.69 Å². The lowest BCUT2D eigenvalue weighted by molar-refractivity contribution is -0.133. The van der Waals surface area contributed by atoms with Crippen molar-refractivity contribution in [1.29, 1.82) is 5.26 Å². The summed E-state index contributed by atoms with van der Waals surface area (Å²) in [4.78, 5) is 27.6. The Morgan fingerprint density at radius 2 is 1.88 bits per heavy atom. The monoisotopic (exact) mass is 494 g/mol. The van der Waals surface area contributed by atoms with Crippen LogP contribution in [0.3, 0.4) is 0 Å². The molecule has 6 nitrogen and oxygen atoms in total. The first-order valence-electron chi connectivity index (χ1n) is 11.1. The van der Waals surface area contributed by atoms with Gasteiger partial charge in [0.15, 0.2) is 0 Å². The van der Waals surface area contributed by atoms with Crippen LogP contribution in [0.5, 0.6) is 0 Å². The van der Waals surface area contributed by atoms with Crippen LogP contribution in [0.15, 0.2) is 54.2 Å². The molecule has 1 N–H and O–H groups in total. The summed E-state index contributed by atoms with van der Waals surface area (Å²) in [6.07, 6.45) is 5.40. The van der Waals surface area contributed by atoms with Gasteiger partial charge in [-0.15, -0.1) is 0 Å². The highest BCUT2D eigenvalue weighted by Crippen LogP contribution is 2.27. The molecule has 2 amide bonds. The summed E-state index contributed by atoms with van der Waals surface area (Å²) < 4.78 is 1.88. The zero-order chi connectivity index (χ0) is 24.2. The van der Waals surface area contributed by atoms with Crippen molar-refractivity contribution >= 4 is 57.7 Å². The van der Waals surface area contributed by atoms with E-state index in [1.165, 1.54) is 6.07 Å². The molecule has 0 aliphatic carbocycles. The smallest absolute Gasteiger partial charge is 0.266 e. The van der Waals surface area contributed by atoms with Gasteiger partial charge in [-0.2, -0.15) is 5.26 Å². The van der Waals surface area contributed by atoms with Crippen LogP contribution >= 0.6 is 23.2 Å². The van der Waals surface area contributed by atoms with Crippen molar-refractivity contribution in [2.75, 3.05) is 18.4 Å². The topological polar surface area (TPSA) is 78.1 Å². The second-order valence-electron chi connectivity index (χ2n) is 8.55. The number of nitriles is 1. The Balaban J connectivity index is 1.59. The molecule has 0 unspecified atom stereocenters. The van der Waals surface area contributed by atoms with Crippen molar-refractivity contribution in [3.8, 4) is 6.07 Å². The van der Waals surface area contributed by atoms with Gasteiger partial charge in [-0.05, 0) is 49.1 Å². The molecule has 0 bridgehead atoms. The minimum Gasteiger partial charge on any atom is -0.341 e. The largest absolute Gasteiger partial charge is 0.341 e. The predicted molar refractivity (Wildman–Crippen MR) is 136 cm³/mol. The fraction of sp³-hybridized carbons (Fsp3) is 0.269. The lowest BCUT2D eigenvalue weighted by Crippen LogP contribution is -2.39. The second-order valence-corrected chi connectivity index (χ2v) is 9.36. The van der Waals surface area contributed by atoms with Gasteiger partial charge in [-0.25, -0.2) is 0 Å². The molecule has 1 saturated heterocycles. The first kappa shape index (κ1) is 23.9. The Bertz CT molecular complexity index is 1310. The zero-order valence-electron chi connectivity index (χ0n) is 18.7. The Morgan fingerprint density at radius 3 is 2.59 bits per heavy atom. The van der Waals surface area contributed by atoms with E-state index >= 15 is 0 Å². The summed E-state index contributed by atoms with van der Waals surface area (Å²) in [7, 11) is 0. The van der Waals surface area contributed by atoms with Crippen LogP contribution < -0.4 is 5.32 Å².